The van der Waals surface area contributed by atoms with Crippen LogP contribution in [0.15, 0.2) is 6.07 Å². The first-order valence-corrected chi connectivity index (χ1v) is 6.13. The topological polar surface area (TPSA) is 95.1 Å². The molecule has 1 aromatic rings. The number of amides is 1. The minimum atomic E-state index is -0.970. The van der Waals surface area contributed by atoms with Gasteiger partial charge >= 0.3 is 5.97 Å². The van der Waals surface area contributed by atoms with Crippen LogP contribution in [0.3, 0.4) is 0 Å². The standard InChI is InChI=1S/C12H17N3O3/c1-7-6-9(15-14-7)11(16)13-10(12(17)18)8-4-2-3-5-8/h6,8,10H,2-5H2,1H3,(H,13,16)(H,14,15)(H,17,18). The Morgan fingerprint density at radius 2 is 2.17 bits per heavy atom. The van der Waals surface area contributed by atoms with Gasteiger partial charge in [0.25, 0.3) is 5.91 Å². The molecule has 18 heavy (non-hydrogen) atoms. The Bertz CT molecular complexity index is 449. The Balaban J connectivity index is 2.04. The molecule has 1 saturated carbocycles. The number of carbonyl (C=O) groups excluding carboxylic acids is 1. The summed E-state index contributed by atoms with van der Waals surface area (Å²) in [5.74, 6) is -1.37. The van der Waals surface area contributed by atoms with Crippen molar-refractivity contribution in [3.8, 4) is 0 Å². The molecule has 6 nitrogen and oxygen atoms in total. The van der Waals surface area contributed by atoms with Crippen LogP contribution in [-0.2, 0) is 4.79 Å². The predicted octanol–water partition coefficient (Wildman–Crippen LogP) is 1.09. The summed E-state index contributed by atoms with van der Waals surface area (Å²) in [6.07, 6.45) is 3.78. The molecule has 6 heteroatoms. The second-order valence-electron chi connectivity index (χ2n) is 4.77. The number of carbonyl (C=O) groups is 2. The van der Waals surface area contributed by atoms with Crippen LogP contribution >= 0.6 is 0 Å². The lowest BCUT2D eigenvalue weighted by atomic mass is 9.98. The Morgan fingerprint density at radius 3 is 2.67 bits per heavy atom. The van der Waals surface area contributed by atoms with Crippen molar-refractivity contribution in [2.24, 2.45) is 5.92 Å². The van der Waals surface area contributed by atoms with Gasteiger partial charge in [-0.25, -0.2) is 4.79 Å². The Morgan fingerprint density at radius 1 is 1.50 bits per heavy atom. The summed E-state index contributed by atoms with van der Waals surface area (Å²) in [4.78, 5) is 23.1. The third-order valence-electron chi connectivity index (χ3n) is 3.36. The Kier molecular flexibility index (Phi) is 3.64. The first kappa shape index (κ1) is 12.6. The number of H-pyrrole nitrogens is 1. The van der Waals surface area contributed by atoms with Gasteiger partial charge in [-0.05, 0) is 31.7 Å². The molecule has 1 aromatic heterocycles. The molecule has 1 unspecified atom stereocenters. The quantitative estimate of drug-likeness (QED) is 0.746. The van der Waals surface area contributed by atoms with E-state index in [-0.39, 0.29) is 11.6 Å². The molecule has 3 N–H and O–H groups in total. The van der Waals surface area contributed by atoms with Crippen LogP contribution in [0.5, 0.6) is 0 Å². The first-order chi connectivity index (χ1) is 8.58. The largest absolute Gasteiger partial charge is 0.480 e. The molecule has 0 aliphatic heterocycles. The molecule has 2 rings (SSSR count). The summed E-state index contributed by atoms with van der Waals surface area (Å²) in [5, 5.41) is 18.2. The van der Waals surface area contributed by atoms with E-state index in [1.54, 1.807) is 13.0 Å². The molecule has 0 saturated heterocycles. The summed E-state index contributed by atoms with van der Waals surface area (Å²) in [6.45, 7) is 1.79. The van der Waals surface area contributed by atoms with Crippen LogP contribution in [0.1, 0.15) is 41.9 Å². The molecule has 1 fully saturated rings. The van der Waals surface area contributed by atoms with E-state index >= 15 is 0 Å². The number of aromatic amines is 1. The number of rotatable bonds is 4. The fourth-order valence-electron chi connectivity index (χ4n) is 2.42. The normalized spacial score (nSPS) is 17.6. The summed E-state index contributed by atoms with van der Waals surface area (Å²) in [6, 6.07) is 0.792. The maximum absolute atomic E-state index is 11.9. The van der Waals surface area contributed by atoms with Gasteiger partial charge in [0.15, 0.2) is 0 Å². The number of aromatic nitrogens is 2. The van der Waals surface area contributed by atoms with Crippen LogP contribution in [0.2, 0.25) is 0 Å². The van der Waals surface area contributed by atoms with Crippen molar-refractivity contribution in [2.75, 3.05) is 0 Å². The Labute approximate surface area is 105 Å². The molecule has 0 spiro atoms. The summed E-state index contributed by atoms with van der Waals surface area (Å²) >= 11 is 0. The van der Waals surface area contributed by atoms with Crippen molar-refractivity contribution >= 4 is 11.9 Å². The molecule has 1 amide bonds. The van der Waals surface area contributed by atoms with Gasteiger partial charge in [0.2, 0.25) is 0 Å². The second-order valence-corrected chi connectivity index (χ2v) is 4.77. The lowest BCUT2D eigenvalue weighted by molar-refractivity contribution is -0.140. The molecular formula is C12H17N3O3. The lowest BCUT2D eigenvalue weighted by Gasteiger charge is -2.19. The van der Waals surface area contributed by atoms with E-state index in [9.17, 15) is 14.7 Å². The van der Waals surface area contributed by atoms with Crippen molar-refractivity contribution in [1.82, 2.24) is 15.5 Å². The van der Waals surface area contributed by atoms with E-state index in [2.05, 4.69) is 15.5 Å². The highest BCUT2D eigenvalue weighted by molar-refractivity contribution is 5.95. The highest BCUT2D eigenvalue weighted by Crippen LogP contribution is 2.28. The van der Waals surface area contributed by atoms with Crippen molar-refractivity contribution in [1.29, 1.82) is 0 Å². The average molecular weight is 251 g/mol. The van der Waals surface area contributed by atoms with Gasteiger partial charge in [-0.2, -0.15) is 5.10 Å². The van der Waals surface area contributed by atoms with E-state index < -0.39 is 17.9 Å². The van der Waals surface area contributed by atoms with Crippen LogP contribution < -0.4 is 5.32 Å². The van der Waals surface area contributed by atoms with Gasteiger partial charge in [0.1, 0.15) is 11.7 Å². The van der Waals surface area contributed by atoms with E-state index in [0.29, 0.717) is 0 Å². The van der Waals surface area contributed by atoms with Crippen LogP contribution in [0, 0.1) is 12.8 Å². The molecule has 1 atom stereocenters. The minimum Gasteiger partial charge on any atom is -0.480 e. The van der Waals surface area contributed by atoms with Gasteiger partial charge in [-0.15, -0.1) is 0 Å². The number of aliphatic carboxylic acids is 1. The summed E-state index contributed by atoms with van der Waals surface area (Å²) in [7, 11) is 0. The van der Waals surface area contributed by atoms with Crippen molar-refractivity contribution in [3.63, 3.8) is 0 Å². The van der Waals surface area contributed by atoms with Crippen molar-refractivity contribution in [2.45, 2.75) is 38.6 Å². The molecule has 0 radical (unpaired) electrons. The number of carboxylic acid groups (broad SMARTS) is 1. The number of nitrogens with one attached hydrogen (secondary N) is 2. The van der Waals surface area contributed by atoms with Gasteiger partial charge in [-0.1, -0.05) is 12.8 Å². The zero-order chi connectivity index (χ0) is 13.1. The summed E-state index contributed by atoms with van der Waals surface area (Å²) < 4.78 is 0. The molecule has 0 bridgehead atoms. The molecule has 1 heterocycles. The highest BCUT2D eigenvalue weighted by atomic mass is 16.4. The van der Waals surface area contributed by atoms with E-state index in [4.69, 9.17) is 0 Å². The van der Waals surface area contributed by atoms with Crippen molar-refractivity contribution in [3.05, 3.63) is 17.5 Å². The zero-order valence-electron chi connectivity index (χ0n) is 10.3. The van der Waals surface area contributed by atoms with Gasteiger partial charge < -0.3 is 10.4 Å². The molecule has 1 aliphatic rings. The highest BCUT2D eigenvalue weighted by Gasteiger charge is 2.32. The monoisotopic (exact) mass is 251 g/mol. The molecule has 1 aliphatic carbocycles. The number of hydrogen-bond donors (Lipinski definition) is 3. The van der Waals surface area contributed by atoms with Crippen LogP contribution in [0.25, 0.3) is 0 Å². The summed E-state index contributed by atoms with van der Waals surface area (Å²) in [5.41, 5.74) is 1.00. The van der Waals surface area contributed by atoms with Gasteiger partial charge in [0, 0.05) is 5.69 Å². The number of hydrogen-bond acceptors (Lipinski definition) is 3. The lowest BCUT2D eigenvalue weighted by Crippen LogP contribution is -2.45. The van der Waals surface area contributed by atoms with Gasteiger partial charge in [-0.3, -0.25) is 9.89 Å². The van der Waals surface area contributed by atoms with E-state index in [0.717, 1.165) is 31.4 Å². The fraction of sp³-hybridized carbons (Fsp3) is 0.583. The number of nitrogens with zero attached hydrogens (tertiary/aromatic N) is 1. The smallest absolute Gasteiger partial charge is 0.326 e. The average Bonchev–Trinajstić information content (AvgIpc) is 2.95. The first-order valence-electron chi connectivity index (χ1n) is 6.13. The zero-order valence-corrected chi connectivity index (χ0v) is 10.3. The van der Waals surface area contributed by atoms with E-state index in [1.165, 1.54) is 0 Å². The molecule has 0 aromatic carbocycles. The number of carboxylic acids is 1. The number of aryl methyl sites for hydroxylation is 1. The SMILES string of the molecule is Cc1cc(C(=O)NC(C(=O)O)C2CCCC2)n[nH]1. The van der Waals surface area contributed by atoms with E-state index in [1.807, 2.05) is 0 Å². The second kappa shape index (κ2) is 5.20. The third kappa shape index (κ3) is 2.69. The molecular weight excluding hydrogens is 234 g/mol. The maximum atomic E-state index is 11.9. The van der Waals surface area contributed by atoms with Crippen LogP contribution in [-0.4, -0.2) is 33.2 Å². The maximum Gasteiger partial charge on any atom is 0.326 e. The van der Waals surface area contributed by atoms with Crippen LogP contribution in [0.4, 0.5) is 0 Å². The van der Waals surface area contributed by atoms with Crippen molar-refractivity contribution < 1.29 is 14.7 Å². The third-order valence-corrected chi connectivity index (χ3v) is 3.36. The fourth-order valence-corrected chi connectivity index (χ4v) is 2.42. The predicted molar refractivity (Wildman–Crippen MR) is 64.2 cm³/mol. The molecule has 98 valence electrons. The minimum absolute atomic E-state index is 0.0338. The Hall–Kier alpha value is -1.85. The van der Waals surface area contributed by atoms with Gasteiger partial charge in [0.05, 0.1) is 0 Å².